The van der Waals surface area contributed by atoms with Gasteiger partial charge in [-0.05, 0) is 32.0 Å². The molecule has 0 spiro atoms. The van der Waals surface area contributed by atoms with Gasteiger partial charge in [0, 0.05) is 32.8 Å². The number of anilines is 1. The molecule has 1 atom stereocenters. The van der Waals surface area contributed by atoms with E-state index in [-0.39, 0.29) is 11.9 Å². The minimum absolute atomic E-state index is 0.0902. The van der Waals surface area contributed by atoms with Crippen LogP contribution in [-0.4, -0.2) is 46.0 Å². The lowest BCUT2D eigenvalue weighted by Crippen LogP contribution is -2.28. The van der Waals surface area contributed by atoms with Crippen molar-refractivity contribution in [3.05, 3.63) is 24.0 Å². The van der Waals surface area contributed by atoms with Crippen molar-refractivity contribution in [1.82, 2.24) is 5.32 Å². The number of hydrogen-bond donors (Lipinski definition) is 1. The number of hydrogen-bond acceptors (Lipinski definition) is 4. The van der Waals surface area contributed by atoms with E-state index in [0.717, 1.165) is 32.6 Å². The number of benzene rings is 1. The van der Waals surface area contributed by atoms with E-state index in [2.05, 4.69) is 10.2 Å². The van der Waals surface area contributed by atoms with Crippen molar-refractivity contribution in [2.75, 3.05) is 44.8 Å². The van der Waals surface area contributed by atoms with Crippen LogP contribution >= 0.6 is 0 Å². The Balaban J connectivity index is 2.04. The Hall–Kier alpha value is -1.33. The Morgan fingerprint density at radius 1 is 1.35 bits per heavy atom. The van der Waals surface area contributed by atoms with Gasteiger partial charge in [-0.15, -0.1) is 0 Å². The summed E-state index contributed by atoms with van der Waals surface area (Å²) in [6.45, 7) is 5.98. The summed E-state index contributed by atoms with van der Waals surface area (Å²) in [5, 5.41) is 3.32. The third-order valence-corrected chi connectivity index (χ3v) is 3.34. The molecule has 1 unspecified atom stereocenters. The maximum atomic E-state index is 14.2. The summed E-state index contributed by atoms with van der Waals surface area (Å²) >= 11 is 0. The van der Waals surface area contributed by atoms with Crippen molar-refractivity contribution in [1.29, 1.82) is 0 Å². The first-order valence-corrected chi connectivity index (χ1v) is 7.11. The Morgan fingerprint density at radius 3 is 2.95 bits per heavy atom. The molecule has 1 N–H and O–H groups in total. The average molecular weight is 282 g/mol. The highest BCUT2D eigenvalue weighted by atomic mass is 19.1. The largest absolute Gasteiger partial charge is 0.488 e. The fourth-order valence-electron chi connectivity index (χ4n) is 2.41. The molecular formula is C15H23FN2O2. The average Bonchev–Trinajstić information content (AvgIpc) is 2.68. The zero-order valence-corrected chi connectivity index (χ0v) is 12.2. The highest BCUT2D eigenvalue weighted by Crippen LogP contribution is 2.25. The quantitative estimate of drug-likeness (QED) is 0.896. The van der Waals surface area contributed by atoms with E-state index in [9.17, 15) is 4.39 Å². The number of rotatable bonds is 5. The Bertz CT molecular complexity index is 420. The van der Waals surface area contributed by atoms with Crippen molar-refractivity contribution in [2.45, 2.75) is 19.4 Å². The minimum atomic E-state index is -0.228. The van der Waals surface area contributed by atoms with Crippen LogP contribution in [0.15, 0.2) is 18.2 Å². The molecular weight excluding hydrogens is 259 g/mol. The van der Waals surface area contributed by atoms with Crippen molar-refractivity contribution >= 4 is 5.69 Å². The number of nitrogens with zero attached hydrogens (tertiary/aromatic N) is 1. The molecule has 112 valence electrons. The van der Waals surface area contributed by atoms with E-state index in [4.69, 9.17) is 9.47 Å². The van der Waals surface area contributed by atoms with Crippen LogP contribution in [0, 0.1) is 5.82 Å². The molecule has 0 saturated carbocycles. The first-order chi connectivity index (χ1) is 9.70. The number of nitrogens with one attached hydrogen (secondary N) is 1. The molecule has 1 heterocycles. The van der Waals surface area contributed by atoms with Crippen LogP contribution in [0.25, 0.3) is 0 Å². The monoisotopic (exact) mass is 282 g/mol. The Morgan fingerprint density at radius 2 is 2.20 bits per heavy atom. The second-order valence-electron chi connectivity index (χ2n) is 5.09. The molecule has 1 aromatic rings. The zero-order valence-electron chi connectivity index (χ0n) is 12.2. The molecule has 1 aromatic carbocycles. The van der Waals surface area contributed by atoms with E-state index in [1.165, 1.54) is 6.07 Å². The number of methoxy groups -OCH3 is 1. The van der Waals surface area contributed by atoms with Crippen LogP contribution in [0.4, 0.5) is 10.1 Å². The van der Waals surface area contributed by atoms with Gasteiger partial charge in [-0.2, -0.15) is 0 Å². The second-order valence-corrected chi connectivity index (χ2v) is 5.09. The molecule has 5 heteroatoms. The van der Waals surface area contributed by atoms with Gasteiger partial charge in [-0.1, -0.05) is 0 Å². The van der Waals surface area contributed by atoms with E-state index in [0.29, 0.717) is 18.0 Å². The number of ether oxygens (including phenoxy) is 2. The fourth-order valence-corrected chi connectivity index (χ4v) is 2.41. The molecule has 0 aromatic heterocycles. The molecule has 4 nitrogen and oxygen atoms in total. The molecule has 1 saturated heterocycles. The first kappa shape index (κ1) is 15.1. The summed E-state index contributed by atoms with van der Waals surface area (Å²) in [4.78, 5) is 2.08. The van der Waals surface area contributed by atoms with Crippen molar-refractivity contribution in [2.24, 2.45) is 0 Å². The Labute approximate surface area is 119 Å². The highest BCUT2D eigenvalue weighted by molar-refractivity contribution is 5.50. The zero-order chi connectivity index (χ0) is 14.4. The summed E-state index contributed by atoms with van der Waals surface area (Å²) < 4.78 is 24.8. The van der Waals surface area contributed by atoms with E-state index in [1.54, 1.807) is 13.2 Å². The summed E-state index contributed by atoms with van der Waals surface area (Å²) in [7, 11) is 1.62. The third kappa shape index (κ3) is 4.08. The highest BCUT2D eigenvalue weighted by Gasteiger charge is 2.14. The van der Waals surface area contributed by atoms with Gasteiger partial charge in [0.2, 0.25) is 0 Å². The van der Waals surface area contributed by atoms with Crippen molar-refractivity contribution in [3.8, 4) is 5.75 Å². The van der Waals surface area contributed by atoms with Gasteiger partial charge in [0.15, 0.2) is 0 Å². The maximum Gasteiger partial charge on any atom is 0.150 e. The molecule has 0 aliphatic carbocycles. The lowest BCUT2D eigenvalue weighted by molar-refractivity contribution is 0.0919. The van der Waals surface area contributed by atoms with Crippen molar-refractivity contribution < 1.29 is 13.9 Å². The fraction of sp³-hybridized carbons (Fsp3) is 0.600. The third-order valence-electron chi connectivity index (χ3n) is 3.34. The molecule has 1 aliphatic rings. The summed E-state index contributed by atoms with van der Waals surface area (Å²) in [5.74, 6) is 0.317. The van der Waals surface area contributed by atoms with Gasteiger partial charge < -0.3 is 19.7 Å². The molecule has 1 aliphatic heterocycles. The Kier molecular flexibility index (Phi) is 5.61. The van der Waals surface area contributed by atoms with Gasteiger partial charge in [0.05, 0.1) is 12.3 Å². The van der Waals surface area contributed by atoms with Gasteiger partial charge in [0.1, 0.15) is 17.7 Å². The number of halogens is 1. The molecule has 0 amide bonds. The van der Waals surface area contributed by atoms with Crippen LogP contribution in [0.5, 0.6) is 5.75 Å². The first-order valence-electron chi connectivity index (χ1n) is 7.11. The van der Waals surface area contributed by atoms with Crippen LogP contribution in [-0.2, 0) is 4.74 Å². The normalized spacial score (nSPS) is 17.6. The summed E-state index contributed by atoms with van der Waals surface area (Å²) in [6.07, 6.45) is 0.940. The molecule has 2 rings (SSSR count). The predicted octanol–water partition coefficient (Wildman–Crippen LogP) is 2.04. The lowest BCUT2D eigenvalue weighted by Gasteiger charge is -2.23. The summed E-state index contributed by atoms with van der Waals surface area (Å²) in [6, 6.07) is 5.08. The molecule has 0 radical (unpaired) electrons. The van der Waals surface area contributed by atoms with E-state index in [1.807, 2.05) is 13.0 Å². The smallest absolute Gasteiger partial charge is 0.150 e. The second kappa shape index (κ2) is 7.45. The predicted molar refractivity (Wildman–Crippen MR) is 78.1 cm³/mol. The van der Waals surface area contributed by atoms with Crippen LogP contribution in [0.3, 0.4) is 0 Å². The van der Waals surface area contributed by atoms with Gasteiger partial charge in [-0.3, -0.25) is 0 Å². The van der Waals surface area contributed by atoms with Gasteiger partial charge >= 0.3 is 0 Å². The topological polar surface area (TPSA) is 33.7 Å². The van der Waals surface area contributed by atoms with E-state index >= 15 is 0 Å². The molecule has 1 fully saturated rings. The molecule has 20 heavy (non-hydrogen) atoms. The van der Waals surface area contributed by atoms with Gasteiger partial charge in [-0.25, -0.2) is 4.39 Å². The van der Waals surface area contributed by atoms with Crippen LogP contribution < -0.4 is 15.0 Å². The van der Waals surface area contributed by atoms with E-state index < -0.39 is 0 Å². The summed E-state index contributed by atoms with van der Waals surface area (Å²) in [5.41, 5.74) is 0.653. The SMILES string of the molecule is COCC(C)Oc1ccc(N2CCCNCC2)c(F)c1. The lowest BCUT2D eigenvalue weighted by atomic mass is 10.2. The minimum Gasteiger partial charge on any atom is -0.488 e. The maximum absolute atomic E-state index is 14.2. The van der Waals surface area contributed by atoms with Crippen LogP contribution in [0.2, 0.25) is 0 Å². The van der Waals surface area contributed by atoms with Crippen molar-refractivity contribution in [3.63, 3.8) is 0 Å². The molecule has 0 bridgehead atoms. The van der Waals surface area contributed by atoms with Crippen LogP contribution in [0.1, 0.15) is 13.3 Å². The van der Waals surface area contributed by atoms with Gasteiger partial charge in [0.25, 0.3) is 0 Å². The standard InChI is InChI=1S/C15H23FN2O2/c1-12(11-19-2)20-13-4-5-15(14(16)10-13)18-8-3-6-17-7-9-18/h4-5,10,12,17H,3,6-9,11H2,1-2H3.